The van der Waals surface area contributed by atoms with E-state index in [4.69, 9.17) is 5.73 Å². The molecule has 5 nitrogen and oxygen atoms in total. The van der Waals surface area contributed by atoms with Gasteiger partial charge in [-0.3, -0.25) is 9.69 Å². The number of nitrogens with two attached hydrogens (primary N) is 1. The predicted molar refractivity (Wildman–Crippen MR) is 53.7 cm³/mol. The molecular formula is C9H19N3O2. The standard InChI is InChI=1S/C9H19N3O2/c1-7(9(10)14)5-12-3-2-11-4-8(13)6-12/h7-8,11,13H,2-6H2,1H3,(H2,10,14). The molecule has 2 atom stereocenters. The van der Waals surface area contributed by atoms with Gasteiger partial charge in [-0.25, -0.2) is 0 Å². The first kappa shape index (κ1) is 11.4. The van der Waals surface area contributed by atoms with Gasteiger partial charge < -0.3 is 16.2 Å². The van der Waals surface area contributed by atoms with Gasteiger partial charge in [-0.15, -0.1) is 0 Å². The molecule has 0 spiro atoms. The molecule has 5 heteroatoms. The van der Waals surface area contributed by atoms with E-state index in [0.717, 1.165) is 13.1 Å². The summed E-state index contributed by atoms with van der Waals surface area (Å²) in [4.78, 5) is 12.9. The van der Waals surface area contributed by atoms with Gasteiger partial charge in [0.05, 0.1) is 6.10 Å². The van der Waals surface area contributed by atoms with Crippen molar-refractivity contribution in [2.45, 2.75) is 13.0 Å². The molecule has 1 fully saturated rings. The van der Waals surface area contributed by atoms with Crippen LogP contribution in [0.25, 0.3) is 0 Å². The maximum atomic E-state index is 10.9. The van der Waals surface area contributed by atoms with Crippen molar-refractivity contribution in [1.29, 1.82) is 0 Å². The van der Waals surface area contributed by atoms with Crippen LogP contribution in [0.15, 0.2) is 0 Å². The lowest BCUT2D eigenvalue weighted by molar-refractivity contribution is -0.121. The molecule has 0 bridgehead atoms. The summed E-state index contributed by atoms with van der Waals surface area (Å²) in [6, 6.07) is 0. The van der Waals surface area contributed by atoms with Crippen LogP contribution in [-0.2, 0) is 4.79 Å². The number of aliphatic hydroxyl groups is 1. The van der Waals surface area contributed by atoms with E-state index in [1.807, 2.05) is 6.92 Å². The molecule has 1 aliphatic rings. The SMILES string of the molecule is CC(CN1CCNCC(O)C1)C(N)=O. The number of carbonyl (C=O) groups is 1. The molecule has 0 aromatic heterocycles. The number of amides is 1. The largest absolute Gasteiger partial charge is 0.390 e. The average molecular weight is 201 g/mol. The molecule has 0 aliphatic carbocycles. The second kappa shape index (κ2) is 5.29. The van der Waals surface area contributed by atoms with Gasteiger partial charge in [0.25, 0.3) is 0 Å². The highest BCUT2D eigenvalue weighted by Crippen LogP contribution is 2.02. The number of β-amino-alcohol motifs (C(OH)–C–C–N with tert-alkyl or cyclic N) is 1. The fourth-order valence-electron chi connectivity index (χ4n) is 1.60. The van der Waals surface area contributed by atoms with Crippen molar-refractivity contribution < 1.29 is 9.90 Å². The van der Waals surface area contributed by atoms with Gasteiger partial charge in [0.1, 0.15) is 0 Å². The van der Waals surface area contributed by atoms with Crippen LogP contribution in [0.4, 0.5) is 0 Å². The maximum absolute atomic E-state index is 10.9. The van der Waals surface area contributed by atoms with Crippen molar-refractivity contribution in [1.82, 2.24) is 10.2 Å². The Morgan fingerprint density at radius 1 is 1.79 bits per heavy atom. The monoisotopic (exact) mass is 201 g/mol. The second-order valence-electron chi connectivity index (χ2n) is 3.92. The van der Waals surface area contributed by atoms with E-state index in [1.54, 1.807) is 0 Å². The van der Waals surface area contributed by atoms with Gasteiger partial charge >= 0.3 is 0 Å². The fourth-order valence-corrected chi connectivity index (χ4v) is 1.60. The molecule has 1 amide bonds. The number of hydrogen-bond acceptors (Lipinski definition) is 4. The molecule has 0 aromatic rings. The number of hydrogen-bond donors (Lipinski definition) is 3. The van der Waals surface area contributed by atoms with Crippen LogP contribution in [0, 0.1) is 5.92 Å². The van der Waals surface area contributed by atoms with Gasteiger partial charge in [0.2, 0.25) is 5.91 Å². The minimum absolute atomic E-state index is 0.153. The summed E-state index contributed by atoms with van der Waals surface area (Å²) >= 11 is 0. The highest BCUT2D eigenvalue weighted by molar-refractivity contribution is 5.76. The van der Waals surface area contributed by atoms with Gasteiger partial charge in [-0.2, -0.15) is 0 Å². The number of carbonyl (C=O) groups excluding carboxylic acids is 1. The Morgan fingerprint density at radius 2 is 2.50 bits per heavy atom. The number of aliphatic hydroxyl groups excluding tert-OH is 1. The Labute approximate surface area is 84.3 Å². The number of nitrogens with zero attached hydrogens (tertiary/aromatic N) is 1. The van der Waals surface area contributed by atoms with Crippen LogP contribution in [-0.4, -0.2) is 54.7 Å². The van der Waals surface area contributed by atoms with Crippen LogP contribution in [0.1, 0.15) is 6.92 Å². The third-order valence-corrected chi connectivity index (χ3v) is 2.47. The highest BCUT2D eigenvalue weighted by atomic mass is 16.3. The zero-order valence-electron chi connectivity index (χ0n) is 8.57. The lowest BCUT2D eigenvalue weighted by Crippen LogP contribution is -2.39. The van der Waals surface area contributed by atoms with Crippen molar-refractivity contribution in [3.63, 3.8) is 0 Å². The summed E-state index contributed by atoms with van der Waals surface area (Å²) in [5.41, 5.74) is 5.18. The normalized spacial score (nSPS) is 26.9. The Kier molecular flexibility index (Phi) is 4.31. The van der Waals surface area contributed by atoms with Crippen LogP contribution in [0.3, 0.4) is 0 Å². The van der Waals surface area contributed by atoms with Crippen LogP contribution >= 0.6 is 0 Å². The molecule has 1 rings (SSSR count). The summed E-state index contributed by atoms with van der Waals surface area (Å²) in [5, 5.41) is 12.6. The molecular weight excluding hydrogens is 182 g/mol. The second-order valence-corrected chi connectivity index (χ2v) is 3.92. The fraction of sp³-hybridized carbons (Fsp3) is 0.889. The summed E-state index contributed by atoms with van der Waals surface area (Å²) in [5.74, 6) is -0.433. The van der Waals surface area contributed by atoms with E-state index in [2.05, 4.69) is 10.2 Å². The van der Waals surface area contributed by atoms with E-state index in [1.165, 1.54) is 0 Å². The first-order valence-electron chi connectivity index (χ1n) is 5.00. The Balaban J connectivity index is 2.38. The lowest BCUT2D eigenvalue weighted by Gasteiger charge is -2.23. The third-order valence-electron chi connectivity index (χ3n) is 2.47. The van der Waals surface area contributed by atoms with Gasteiger partial charge in [-0.1, -0.05) is 6.92 Å². The van der Waals surface area contributed by atoms with E-state index in [9.17, 15) is 9.90 Å². The minimum Gasteiger partial charge on any atom is -0.390 e. The van der Waals surface area contributed by atoms with Crippen LogP contribution in [0.5, 0.6) is 0 Å². The van der Waals surface area contributed by atoms with E-state index >= 15 is 0 Å². The first-order valence-corrected chi connectivity index (χ1v) is 5.00. The molecule has 14 heavy (non-hydrogen) atoms. The zero-order chi connectivity index (χ0) is 10.6. The lowest BCUT2D eigenvalue weighted by atomic mass is 10.1. The van der Waals surface area contributed by atoms with Crippen LogP contribution < -0.4 is 11.1 Å². The Hall–Kier alpha value is -0.650. The number of rotatable bonds is 3. The molecule has 4 N–H and O–H groups in total. The van der Waals surface area contributed by atoms with Gasteiger partial charge in [0.15, 0.2) is 0 Å². The maximum Gasteiger partial charge on any atom is 0.221 e. The predicted octanol–water partition coefficient (Wildman–Crippen LogP) is -1.63. The summed E-state index contributed by atoms with van der Waals surface area (Å²) in [6.07, 6.45) is -0.349. The zero-order valence-corrected chi connectivity index (χ0v) is 8.57. The van der Waals surface area contributed by atoms with Crippen LogP contribution in [0.2, 0.25) is 0 Å². The number of nitrogens with one attached hydrogen (secondary N) is 1. The molecule has 2 unspecified atom stereocenters. The van der Waals surface area contributed by atoms with Crippen molar-refractivity contribution in [2.75, 3.05) is 32.7 Å². The third kappa shape index (κ3) is 3.61. The van der Waals surface area contributed by atoms with Gasteiger partial charge in [-0.05, 0) is 0 Å². The first-order chi connectivity index (χ1) is 6.59. The number of primary amides is 1. The molecule has 1 aliphatic heterocycles. The molecule has 0 aromatic carbocycles. The molecule has 1 saturated heterocycles. The van der Waals surface area contributed by atoms with Crippen molar-refractivity contribution in [2.24, 2.45) is 11.7 Å². The quantitative estimate of drug-likeness (QED) is 0.512. The summed E-state index contributed by atoms with van der Waals surface area (Å²) in [7, 11) is 0. The van der Waals surface area contributed by atoms with Gasteiger partial charge in [0, 0.05) is 38.6 Å². The topological polar surface area (TPSA) is 78.6 Å². The highest BCUT2D eigenvalue weighted by Gasteiger charge is 2.19. The van der Waals surface area contributed by atoms with Crippen molar-refractivity contribution in [3.05, 3.63) is 0 Å². The Bertz CT molecular complexity index is 198. The van der Waals surface area contributed by atoms with E-state index in [0.29, 0.717) is 19.6 Å². The summed E-state index contributed by atoms with van der Waals surface area (Å²) in [6.45, 7) is 5.39. The summed E-state index contributed by atoms with van der Waals surface area (Å²) < 4.78 is 0. The average Bonchev–Trinajstić information content (AvgIpc) is 2.29. The van der Waals surface area contributed by atoms with Crippen molar-refractivity contribution in [3.8, 4) is 0 Å². The Morgan fingerprint density at radius 3 is 3.14 bits per heavy atom. The van der Waals surface area contributed by atoms with E-state index < -0.39 is 0 Å². The molecule has 82 valence electrons. The van der Waals surface area contributed by atoms with E-state index in [-0.39, 0.29) is 17.9 Å². The molecule has 0 radical (unpaired) electrons. The minimum atomic E-state index is -0.349. The van der Waals surface area contributed by atoms with Crippen molar-refractivity contribution >= 4 is 5.91 Å². The smallest absolute Gasteiger partial charge is 0.221 e. The molecule has 1 heterocycles. The molecule has 0 saturated carbocycles.